The molecule has 2 heterocycles. The molecule has 14 heavy (non-hydrogen) atoms. The van der Waals surface area contributed by atoms with Gasteiger partial charge < -0.3 is 5.32 Å². The largest absolute Gasteiger partial charge is 0.300 e. The van der Waals surface area contributed by atoms with E-state index in [0.717, 1.165) is 16.8 Å². The summed E-state index contributed by atoms with van der Waals surface area (Å²) in [6.07, 6.45) is 1.23. The van der Waals surface area contributed by atoms with Gasteiger partial charge in [-0.1, -0.05) is 12.1 Å². The van der Waals surface area contributed by atoms with E-state index in [4.69, 9.17) is 0 Å². The van der Waals surface area contributed by atoms with Crippen molar-refractivity contribution in [1.29, 1.82) is 0 Å². The van der Waals surface area contributed by atoms with Crippen molar-refractivity contribution < 1.29 is 0 Å². The van der Waals surface area contributed by atoms with Crippen molar-refractivity contribution in [3.05, 3.63) is 10.3 Å². The van der Waals surface area contributed by atoms with Crippen LogP contribution in [0.2, 0.25) is 0 Å². The van der Waals surface area contributed by atoms with E-state index in [2.05, 4.69) is 38.5 Å². The second kappa shape index (κ2) is 4.20. The lowest BCUT2D eigenvalue weighted by Gasteiger charge is -2.27. The fourth-order valence-corrected chi connectivity index (χ4v) is 3.58. The first-order valence-electron chi connectivity index (χ1n) is 4.62. The van der Waals surface area contributed by atoms with Crippen molar-refractivity contribution in [2.75, 3.05) is 6.54 Å². The van der Waals surface area contributed by atoms with E-state index in [0.29, 0.717) is 10.6 Å². The second-order valence-electron chi connectivity index (χ2n) is 3.46. The summed E-state index contributed by atoms with van der Waals surface area (Å²) in [5.41, 5.74) is 1.13. The molecule has 0 aliphatic carbocycles. The Labute approximate surface area is 96.0 Å². The lowest BCUT2D eigenvalue weighted by molar-refractivity contribution is 0.567. The molecule has 0 aromatic carbocycles. The normalized spacial score (nSPS) is 27.9. The number of aryl methyl sites for hydroxylation is 1. The predicted octanol–water partition coefficient (Wildman–Crippen LogP) is 1.69. The van der Waals surface area contributed by atoms with Crippen LogP contribution in [0.25, 0.3) is 0 Å². The van der Waals surface area contributed by atoms with Crippen molar-refractivity contribution in [2.45, 2.75) is 24.0 Å². The zero-order valence-corrected chi connectivity index (χ0v) is 10.6. The summed E-state index contributed by atoms with van der Waals surface area (Å²) in [4.78, 5) is 0. The van der Waals surface area contributed by atoms with Gasteiger partial charge in [-0.25, -0.2) is 4.68 Å². The van der Waals surface area contributed by atoms with Crippen molar-refractivity contribution in [1.82, 2.24) is 20.3 Å². The number of nitrogens with zero attached hydrogens (tertiary/aromatic N) is 3. The molecule has 1 saturated heterocycles. The monoisotopic (exact) mass is 276 g/mol. The van der Waals surface area contributed by atoms with Crippen LogP contribution < -0.4 is 5.32 Å². The Morgan fingerprint density at radius 2 is 2.43 bits per heavy atom. The molecule has 78 valence electrons. The summed E-state index contributed by atoms with van der Waals surface area (Å²) < 4.78 is 2.67. The summed E-state index contributed by atoms with van der Waals surface area (Å²) >= 11 is 5.36. The number of hydrogen-bond donors (Lipinski definition) is 1. The third kappa shape index (κ3) is 1.97. The van der Waals surface area contributed by atoms with Crippen molar-refractivity contribution in [3.63, 3.8) is 0 Å². The van der Waals surface area contributed by atoms with Crippen LogP contribution in [-0.2, 0) is 7.05 Å². The quantitative estimate of drug-likeness (QED) is 0.848. The first kappa shape index (κ1) is 10.4. The van der Waals surface area contributed by atoms with Gasteiger partial charge in [-0.2, -0.15) is 0 Å². The van der Waals surface area contributed by atoms with Gasteiger partial charge in [0.15, 0.2) is 4.60 Å². The highest BCUT2D eigenvalue weighted by molar-refractivity contribution is 9.10. The first-order chi connectivity index (χ1) is 6.68. The Hall–Kier alpha value is -0.0700. The third-order valence-corrected chi connectivity index (χ3v) is 4.25. The smallest absolute Gasteiger partial charge is 0.154 e. The average Bonchev–Trinajstić information content (AvgIpc) is 2.46. The zero-order chi connectivity index (χ0) is 10.1. The molecule has 1 aliphatic rings. The first-order valence-corrected chi connectivity index (χ1v) is 6.36. The number of halogens is 1. The molecular weight excluding hydrogens is 264 g/mol. The minimum atomic E-state index is 0.313. The Kier molecular flexibility index (Phi) is 3.14. The van der Waals surface area contributed by atoms with Gasteiger partial charge in [0.25, 0.3) is 0 Å². The van der Waals surface area contributed by atoms with Gasteiger partial charge in [0, 0.05) is 12.3 Å². The van der Waals surface area contributed by atoms with E-state index >= 15 is 0 Å². The number of hydrogen-bond acceptors (Lipinski definition) is 4. The maximum absolute atomic E-state index is 3.99. The predicted molar refractivity (Wildman–Crippen MR) is 61.1 cm³/mol. The van der Waals surface area contributed by atoms with Crippen LogP contribution in [0.1, 0.15) is 24.4 Å². The number of nitrogens with one attached hydrogen (secondary N) is 1. The van der Waals surface area contributed by atoms with Gasteiger partial charge in [-0.3, -0.25) is 0 Å². The molecule has 0 saturated carbocycles. The number of thioether (sulfide) groups is 1. The Bertz CT molecular complexity index is 308. The molecule has 2 unspecified atom stereocenters. The molecule has 2 atom stereocenters. The van der Waals surface area contributed by atoms with Gasteiger partial charge in [-0.15, -0.1) is 16.9 Å². The van der Waals surface area contributed by atoms with Crippen LogP contribution in [-0.4, -0.2) is 26.8 Å². The Balaban J connectivity index is 2.21. The van der Waals surface area contributed by atoms with E-state index in [1.165, 1.54) is 6.42 Å². The van der Waals surface area contributed by atoms with E-state index in [9.17, 15) is 0 Å². The Morgan fingerprint density at radius 3 is 3.00 bits per heavy atom. The summed E-state index contributed by atoms with van der Waals surface area (Å²) in [6, 6.07) is 0. The summed E-state index contributed by atoms with van der Waals surface area (Å²) in [7, 11) is 1.93. The highest BCUT2D eigenvalue weighted by atomic mass is 79.9. The molecule has 2 rings (SSSR count). The minimum absolute atomic E-state index is 0.313. The van der Waals surface area contributed by atoms with Crippen LogP contribution >= 0.6 is 27.7 Å². The van der Waals surface area contributed by atoms with Crippen LogP contribution in [0.15, 0.2) is 4.60 Å². The molecule has 6 heteroatoms. The maximum atomic E-state index is 3.99. The molecule has 1 aliphatic heterocycles. The van der Waals surface area contributed by atoms with Gasteiger partial charge in [0.2, 0.25) is 0 Å². The van der Waals surface area contributed by atoms with E-state index in [1.54, 1.807) is 0 Å². The van der Waals surface area contributed by atoms with Crippen LogP contribution in [0.4, 0.5) is 0 Å². The van der Waals surface area contributed by atoms with E-state index in [-0.39, 0.29) is 0 Å². The van der Waals surface area contributed by atoms with Crippen molar-refractivity contribution in [3.8, 4) is 0 Å². The molecule has 4 nitrogen and oxygen atoms in total. The van der Waals surface area contributed by atoms with E-state index in [1.807, 2.05) is 23.5 Å². The SMILES string of the molecule is CC1CCNC(c2c(Br)nnn2C)S1. The summed E-state index contributed by atoms with van der Waals surface area (Å²) in [6.45, 7) is 3.33. The molecule has 0 radical (unpaired) electrons. The fraction of sp³-hybridized carbons (Fsp3) is 0.750. The highest BCUT2D eigenvalue weighted by Gasteiger charge is 2.25. The summed E-state index contributed by atoms with van der Waals surface area (Å²) in [5, 5.41) is 12.5. The molecular formula is C8H13BrN4S. The van der Waals surface area contributed by atoms with Crippen molar-refractivity contribution in [2.24, 2.45) is 7.05 Å². The van der Waals surface area contributed by atoms with E-state index < -0.39 is 0 Å². The molecule has 0 bridgehead atoms. The lowest BCUT2D eigenvalue weighted by atomic mass is 10.3. The molecule has 1 aromatic heterocycles. The fourth-order valence-electron chi connectivity index (χ4n) is 1.54. The third-order valence-electron chi connectivity index (χ3n) is 2.32. The lowest BCUT2D eigenvalue weighted by Crippen LogP contribution is -2.30. The van der Waals surface area contributed by atoms with Gasteiger partial charge in [0.05, 0.1) is 5.37 Å². The van der Waals surface area contributed by atoms with Crippen LogP contribution in [0, 0.1) is 0 Å². The van der Waals surface area contributed by atoms with Crippen LogP contribution in [0.5, 0.6) is 0 Å². The van der Waals surface area contributed by atoms with Gasteiger partial charge >= 0.3 is 0 Å². The highest BCUT2D eigenvalue weighted by Crippen LogP contribution is 2.36. The Morgan fingerprint density at radius 1 is 1.64 bits per heavy atom. The second-order valence-corrected chi connectivity index (χ2v) is 5.76. The summed E-state index contributed by atoms with van der Waals surface area (Å²) in [5.74, 6) is 0. The van der Waals surface area contributed by atoms with Crippen molar-refractivity contribution >= 4 is 27.7 Å². The van der Waals surface area contributed by atoms with Crippen LogP contribution in [0.3, 0.4) is 0 Å². The molecule has 1 fully saturated rings. The topological polar surface area (TPSA) is 42.7 Å². The number of aromatic nitrogens is 3. The molecule has 0 amide bonds. The molecule has 1 N–H and O–H groups in total. The average molecular weight is 277 g/mol. The zero-order valence-electron chi connectivity index (χ0n) is 8.20. The number of rotatable bonds is 1. The van der Waals surface area contributed by atoms with Gasteiger partial charge in [-0.05, 0) is 28.9 Å². The minimum Gasteiger partial charge on any atom is -0.300 e. The standard InChI is InChI=1S/C8H13BrN4S/c1-5-3-4-10-8(14-5)6-7(9)11-12-13(6)2/h5,8,10H,3-4H2,1-2H3. The van der Waals surface area contributed by atoms with Gasteiger partial charge in [0.1, 0.15) is 5.69 Å². The molecule has 0 spiro atoms. The molecule has 1 aromatic rings. The maximum Gasteiger partial charge on any atom is 0.154 e.